The van der Waals surface area contributed by atoms with Crippen LogP contribution < -0.4 is 5.32 Å². The van der Waals surface area contributed by atoms with Crippen LogP contribution in [0.2, 0.25) is 10.0 Å². The molecule has 1 aliphatic carbocycles. The Labute approximate surface area is 178 Å². The van der Waals surface area contributed by atoms with Gasteiger partial charge in [0.05, 0.1) is 10.6 Å². The number of hydrogen-bond acceptors (Lipinski definition) is 3. The molecule has 0 aliphatic heterocycles. The van der Waals surface area contributed by atoms with Gasteiger partial charge in [0, 0.05) is 28.1 Å². The predicted molar refractivity (Wildman–Crippen MR) is 110 cm³/mol. The van der Waals surface area contributed by atoms with Gasteiger partial charge in [-0.2, -0.15) is 5.26 Å². The molecule has 4 nitrogen and oxygen atoms in total. The molecule has 148 valence electrons. The van der Waals surface area contributed by atoms with Gasteiger partial charge in [-0.15, -0.1) is 5.92 Å². The lowest BCUT2D eigenvalue weighted by molar-refractivity contribution is -0.130. The van der Waals surface area contributed by atoms with Crippen molar-refractivity contribution in [1.29, 1.82) is 5.26 Å². The normalized spacial score (nSPS) is 16.0. The maximum absolute atomic E-state index is 14.5. The van der Waals surface area contributed by atoms with Gasteiger partial charge in [0.1, 0.15) is 11.9 Å². The van der Waals surface area contributed by atoms with E-state index in [1.807, 2.05) is 6.07 Å². The summed E-state index contributed by atoms with van der Waals surface area (Å²) in [5.41, 5.74) is -1.95. The number of hydrogen-bond donors (Lipinski definition) is 2. The van der Waals surface area contributed by atoms with Gasteiger partial charge in [0.25, 0.3) is 5.91 Å². The fourth-order valence-corrected chi connectivity index (χ4v) is 4.05. The van der Waals surface area contributed by atoms with Gasteiger partial charge in [-0.3, -0.25) is 4.79 Å². The van der Waals surface area contributed by atoms with E-state index in [2.05, 4.69) is 17.2 Å². The molecule has 0 aromatic heterocycles. The summed E-state index contributed by atoms with van der Waals surface area (Å²) in [4.78, 5) is 12.9. The van der Waals surface area contributed by atoms with E-state index in [1.165, 1.54) is 37.3 Å². The van der Waals surface area contributed by atoms with E-state index in [1.54, 1.807) is 6.07 Å². The minimum absolute atomic E-state index is 0.0999. The van der Waals surface area contributed by atoms with E-state index in [9.17, 15) is 14.3 Å². The number of carbonyl (C=O) groups excluding carboxylic acids is 1. The Morgan fingerprint density at radius 3 is 2.59 bits per heavy atom. The van der Waals surface area contributed by atoms with E-state index in [0.29, 0.717) is 24.1 Å². The summed E-state index contributed by atoms with van der Waals surface area (Å²) in [6.07, 6.45) is 1.06. The number of anilines is 1. The molecule has 1 fully saturated rings. The predicted octanol–water partition coefficient (Wildman–Crippen LogP) is 4.82. The highest BCUT2D eigenvalue weighted by atomic mass is 35.5. The Morgan fingerprint density at radius 1 is 1.31 bits per heavy atom. The van der Waals surface area contributed by atoms with Crippen molar-refractivity contribution < 1.29 is 14.3 Å². The molecular weight excluding hydrogens is 414 g/mol. The van der Waals surface area contributed by atoms with Gasteiger partial charge < -0.3 is 10.4 Å². The molecule has 2 N–H and O–H groups in total. The van der Waals surface area contributed by atoms with Crippen LogP contribution in [0.15, 0.2) is 36.4 Å². The molecule has 7 heteroatoms. The molecular formula is C22H17Cl2FN2O2. The number of benzene rings is 2. The smallest absolute Gasteiger partial charge is 0.269 e. The van der Waals surface area contributed by atoms with Crippen molar-refractivity contribution in [3.63, 3.8) is 0 Å². The number of rotatable bonds is 5. The van der Waals surface area contributed by atoms with Crippen molar-refractivity contribution >= 4 is 34.8 Å². The molecule has 2 aromatic rings. The third-order valence-electron chi connectivity index (χ3n) is 5.00. The molecule has 0 radical (unpaired) electrons. The van der Waals surface area contributed by atoms with Gasteiger partial charge in [0.2, 0.25) is 5.60 Å². The summed E-state index contributed by atoms with van der Waals surface area (Å²) in [5.74, 6) is 3.91. The summed E-state index contributed by atoms with van der Waals surface area (Å²) in [7, 11) is 0. The second-order valence-electron chi connectivity index (χ2n) is 7.05. The van der Waals surface area contributed by atoms with Crippen molar-refractivity contribution in [2.24, 2.45) is 0 Å². The summed E-state index contributed by atoms with van der Waals surface area (Å²) >= 11 is 12.2. The molecule has 0 heterocycles. The molecule has 0 spiro atoms. The van der Waals surface area contributed by atoms with Gasteiger partial charge in [-0.25, -0.2) is 4.39 Å². The van der Waals surface area contributed by atoms with Crippen molar-refractivity contribution in [2.75, 3.05) is 5.32 Å². The molecule has 1 unspecified atom stereocenters. The first-order valence-electron chi connectivity index (χ1n) is 8.86. The monoisotopic (exact) mass is 430 g/mol. The fourth-order valence-electron chi connectivity index (χ4n) is 3.47. The van der Waals surface area contributed by atoms with E-state index in [4.69, 9.17) is 28.5 Å². The summed E-state index contributed by atoms with van der Waals surface area (Å²) < 4.78 is 14.5. The van der Waals surface area contributed by atoms with Crippen LogP contribution in [0.3, 0.4) is 0 Å². The first-order chi connectivity index (χ1) is 13.7. The standard InChI is InChI=1S/C22H17Cl2FN2O2/c1-2-8-22(29,20(28)27-15-7-6-14(12-26)17(24)11-15)13-21(9-10-21)19-16(23)4-3-5-18(19)25/h3-7,11,29H,9-10,13H2,1H3,(H,27,28). The van der Waals surface area contributed by atoms with Crippen LogP contribution >= 0.6 is 23.2 Å². The number of amides is 1. The lowest BCUT2D eigenvalue weighted by Crippen LogP contribution is -2.44. The largest absolute Gasteiger partial charge is 0.369 e. The minimum atomic E-state index is -2.06. The molecule has 1 atom stereocenters. The van der Waals surface area contributed by atoms with Gasteiger partial charge in [-0.1, -0.05) is 35.2 Å². The first kappa shape index (κ1) is 21.1. The van der Waals surface area contributed by atoms with E-state index < -0.39 is 22.7 Å². The Kier molecular flexibility index (Phi) is 5.87. The molecule has 3 rings (SSSR count). The van der Waals surface area contributed by atoms with Crippen LogP contribution in [0, 0.1) is 29.0 Å². The third-order valence-corrected chi connectivity index (χ3v) is 5.62. The Bertz CT molecular complexity index is 1060. The number of halogens is 3. The van der Waals surface area contributed by atoms with Crippen LogP contribution in [0.1, 0.15) is 37.3 Å². The zero-order valence-corrected chi connectivity index (χ0v) is 17.0. The zero-order chi connectivity index (χ0) is 21.2. The highest BCUT2D eigenvalue weighted by Gasteiger charge is 2.54. The minimum Gasteiger partial charge on any atom is -0.369 e. The Balaban J connectivity index is 1.90. The summed E-state index contributed by atoms with van der Waals surface area (Å²) in [6, 6.07) is 10.7. The SMILES string of the molecule is CC#CC(O)(CC1(c2c(F)cccc2Cl)CC1)C(=O)Nc1ccc(C#N)c(Cl)c1. The lowest BCUT2D eigenvalue weighted by atomic mass is 9.82. The average Bonchev–Trinajstić information content (AvgIpc) is 3.41. The first-order valence-corrected chi connectivity index (χ1v) is 9.62. The molecule has 29 heavy (non-hydrogen) atoms. The number of nitrogens with one attached hydrogen (secondary N) is 1. The van der Waals surface area contributed by atoms with Crippen LogP contribution in [0.4, 0.5) is 10.1 Å². The number of nitrogens with zero attached hydrogens (tertiary/aromatic N) is 1. The maximum Gasteiger partial charge on any atom is 0.269 e. The highest BCUT2D eigenvalue weighted by molar-refractivity contribution is 6.32. The molecule has 2 aromatic carbocycles. The van der Waals surface area contributed by atoms with Crippen molar-refractivity contribution in [3.05, 3.63) is 63.4 Å². The fraction of sp³-hybridized carbons (Fsp3) is 0.273. The highest BCUT2D eigenvalue weighted by Crippen LogP contribution is 2.56. The second-order valence-corrected chi connectivity index (χ2v) is 7.86. The van der Waals surface area contributed by atoms with E-state index >= 15 is 0 Å². The van der Waals surface area contributed by atoms with Gasteiger partial charge in [0.15, 0.2) is 0 Å². The number of aliphatic hydroxyl groups is 1. The molecule has 0 saturated heterocycles. The van der Waals surface area contributed by atoms with E-state index in [0.717, 1.165) is 0 Å². The van der Waals surface area contributed by atoms with Crippen molar-refractivity contribution in [1.82, 2.24) is 0 Å². The maximum atomic E-state index is 14.5. The summed E-state index contributed by atoms with van der Waals surface area (Å²) in [5, 5.41) is 23.1. The zero-order valence-electron chi connectivity index (χ0n) is 15.5. The van der Waals surface area contributed by atoms with Crippen LogP contribution in [-0.2, 0) is 10.2 Å². The van der Waals surface area contributed by atoms with Crippen LogP contribution in [0.5, 0.6) is 0 Å². The Hall–Kier alpha value is -2.57. The number of nitriles is 1. The quantitative estimate of drug-likeness (QED) is 0.667. The van der Waals surface area contributed by atoms with Gasteiger partial charge in [-0.05, 0) is 50.1 Å². The third kappa shape index (κ3) is 4.23. The van der Waals surface area contributed by atoms with Crippen LogP contribution in [0.25, 0.3) is 0 Å². The average molecular weight is 431 g/mol. The van der Waals surface area contributed by atoms with Crippen molar-refractivity contribution in [3.8, 4) is 17.9 Å². The molecule has 1 aliphatic rings. The second kappa shape index (κ2) is 8.05. The van der Waals surface area contributed by atoms with Crippen LogP contribution in [-0.4, -0.2) is 16.6 Å². The molecule has 1 saturated carbocycles. The van der Waals surface area contributed by atoms with E-state index in [-0.39, 0.29) is 22.0 Å². The number of carbonyl (C=O) groups is 1. The Morgan fingerprint density at radius 2 is 2.03 bits per heavy atom. The molecule has 1 amide bonds. The van der Waals surface area contributed by atoms with Crippen molar-refractivity contribution in [2.45, 2.75) is 37.2 Å². The topological polar surface area (TPSA) is 73.1 Å². The molecule has 0 bridgehead atoms. The lowest BCUT2D eigenvalue weighted by Gasteiger charge is -2.28. The summed E-state index contributed by atoms with van der Waals surface area (Å²) in [6.45, 7) is 1.51. The van der Waals surface area contributed by atoms with Gasteiger partial charge >= 0.3 is 0 Å².